The summed E-state index contributed by atoms with van der Waals surface area (Å²) < 4.78 is 23.2. The van der Waals surface area contributed by atoms with Crippen LogP contribution in [0.4, 0.5) is 0 Å². The topological polar surface area (TPSA) is 73.8 Å². The number of rotatable bonds is 5. The molecule has 4 aliphatic rings. The van der Waals surface area contributed by atoms with Crippen molar-refractivity contribution in [2.75, 3.05) is 31.1 Å². The van der Waals surface area contributed by atoms with Gasteiger partial charge in [-0.15, -0.1) is 24.0 Å². The third kappa shape index (κ3) is 5.95. The zero-order valence-electron chi connectivity index (χ0n) is 14.8. The summed E-state index contributed by atoms with van der Waals surface area (Å²) in [7, 11) is -2.81. The number of halogens is 1. The lowest BCUT2D eigenvalue weighted by Crippen LogP contribution is -2.49. The third-order valence-corrected chi connectivity index (χ3v) is 7.52. The van der Waals surface area contributed by atoms with Gasteiger partial charge in [0.25, 0.3) is 0 Å². The van der Waals surface area contributed by atoms with Crippen LogP contribution in [-0.4, -0.2) is 68.5 Å². The van der Waals surface area contributed by atoms with Gasteiger partial charge in [-0.2, -0.15) is 0 Å². The number of likely N-dealkylation sites (tertiary alicyclic amines) is 1. The van der Waals surface area contributed by atoms with E-state index in [0.29, 0.717) is 30.1 Å². The van der Waals surface area contributed by atoms with Gasteiger partial charge in [-0.25, -0.2) is 8.42 Å². The normalized spacial score (nSPS) is 30.7. The Morgan fingerprint density at radius 3 is 2.12 bits per heavy atom. The molecular formula is C17H31IN4O2S. The van der Waals surface area contributed by atoms with Crippen molar-refractivity contribution in [3.05, 3.63) is 0 Å². The molecule has 0 radical (unpaired) electrons. The van der Waals surface area contributed by atoms with E-state index in [1.54, 1.807) is 0 Å². The molecule has 0 aromatic carbocycles. The molecule has 2 aliphatic heterocycles. The van der Waals surface area contributed by atoms with Gasteiger partial charge >= 0.3 is 0 Å². The standard InChI is InChI=1S/C17H30N4O2S.HI/c22-24(23)10-7-13(12-24)11-18-17(19-14-1-2-14)20-15-5-8-21(9-6-15)16-3-4-16;/h13-16H,1-12H2,(H2,18,19,20);1H. The fraction of sp³-hybridized carbons (Fsp3) is 0.941. The Balaban J connectivity index is 0.00000182. The van der Waals surface area contributed by atoms with Crippen LogP contribution < -0.4 is 10.6 Å². The molecule has 0 amide bonds. The molecule has 4 fully saturated rings. The molecule has 144 valence electrons. The molecule has 0 spiro atoms. The summed E-state index contributed by atoms with van der Waals surface area (Å²) in [6.45, 7) is 3.02. The number of aliphatic imine (C=N–C) groups is 1. The Labute approximate surface area is 168 Å². The SMILES string of the molecule is I.O=S1(=O)CCC(CN=C(NC2CC2)NC2CCN(C3CC3)CC2)C1. The minimum Gasteiger partial charge on any atom is -0.354 e. The number of sulfone groups is 1. The van der Waals surface area contributed by atoms with Gasteiger partial charge in [0.1, 0.15) is 0 Å². The summed E-state index contributed by atoms with van der Waals surface area (Å²) in [5.41, 5.74) is 0. The lowest BCUT2D eigenvalue weighted by molar-refractivity contribution is 0.197. The molecule has 2 saturated carbocycles. The highest BCUT2D eigenvalue weighted by Crippen LogP contribution is 2.29. The van der Waals surface area contributed by atoms with Crippen molar-refractivity contribution < 1.29 is 8.42 Å². The molecule has 0 aromatic heterocycles. The van der Waals surface area contributed by atoms with Crippen LogP contribution in [0.5, 0.6) is 0 Å². The van der Waals surface area contributed by atoms with Gasteiger partial charge in [-0.1, -0.05) is 0 Å². The first kappa shape index (κ1) is 19.7. The Bertz CT molecular complexity index is 581. The second-order valence-electron chi connectivity index (χ2n) is 8.06. The Kier molecular flexibility index (Phi) is 6.52. The number of piperidine rings is 1. The molecule has 6 nitrogen and oxygen atoms in total. The highest BCUT2D eigenvalue weighted by atomic mass is 127. The molecule has 1 unspecified atom stereocenters. The van der Waals surface area contributed by atoms with Gasteiger partial charge in [0.15, 0.2) is 15.8 Å². The second kappa shape index (κ2) is 8.29. The predicted molar refractivity (Wildman–Crippen MR) is 111 cm³/mol. The van der Waals surface area contributed by atoms with Crippen LogP contribution in [0.1, 0.15) is 44.9 Å². The largest absolute Gasteiger partial charge is 0.354 e. The molecule has 4 rings (SSSR count). The quantitative estimate of drug-likeness (QED) is 0.352. The highest BCUT2D eigenvalue weighted by Gasteiger charge is 2.32. The molecule has 2 saturated heterocycles. The third-order valence-electron chi connectivity index (χ3n) is 5.69. The van der Waals surface area contributed by atoms with Crippen molar-refractivity contribution >= 4 is 39.8 Å². The minimum absolute atomic E-state index is 0. The average molecular weight is 482 g/mol. The molecule has 8 heteroatoms. The zero-order valence-corrected chi connectivity index (χ0v) is 18.0. The molecule has 0 aromatic rings. The van der Waals surface area contributed by atoms with Crippen molar-refractivity contribution in [2.24, 2.45) is 10.9 Å². The molecule has 2 N–H and O–H groups in total. The summed E-state index contributed by atoms with van der Waals surface area (Å²) in [4.78, 5) is 7.36. The fourth-order valence-corrected chi connectivity index (χ4v) is 5.68. The van der Waals surface area contributed by atoms with Crippen LogP contribution in [0.3, 0.4) is 0 Å². The maximum absolute atomic E-state index is 11.6. The number of nitrogens with zero attached hydrogens (tertiary/aromatic N) is 2. The lowest BCUT2D eigenvalue weighted by atomic mass is 10.1. The molecule has 2 aliphatic carbocycles. The number of guanidine groups is 1. The van der Waals surface area contributed by atoms with Crippen molar-refractivity contribution in [1.82, 2.24) is 15.5 Å². The molecule has 1 atom stereocenters. The average Bonchev–Trinajstić information content (AvgIpc) is 3.45. The zero-order chi connectivity index (χ0) is 16.6. The first-order valence-corrected chi connectivity index (χ1v) is 11.4. The van der Waals surface area contributed by atoms with E-state index < -0.39 is 9.84 Å². The van der Waals surface area contributed by atoms with Crippen LogP contribution in [0, 0.1) is 5.92 Å². The van der Waals surface area contributed by atoms with E-state index in [2.05, 4.69) is 15.5 Å². The van der Waals surface area contributed by atoms with Crippen molar-refractivity contribution in [3.63, 3.8) is 0 Å². The van der Waals surface area contributed by atoms with Crippen LogP contribution >= 0.6 is 24.0 Å². The van der Waals surface area contributed by atoms with Crippen LogP contribution in [0.15, 0.2) is 4.99 Å². The Morgan fingerprint density at radius 2 is 1.60 bits per heavy atom. The minimum atomic E-state index is -2.81. The maximum atomic E-state index is 11.6. The van der Waals surface area contributed by atoms with Gasteiger partial charge < -0.3 is 15.5 Å². The second-order valence-corrected chi connectivity index (χ2v) is 10.3. The number of hydrogen-bond acceptors (Lipinski definition) is 4. The Hall–Kier alpha value is -0.0900. The number of nitrogens with one attached hydrogen (secondary N) is 2. The first-order valence-electron chi connectivity index (χ1n) is 9.59. The van der Waals surface area contributed by atoms with Crippen LogP contribution in [-0.2, 0) is 9.84 Å². The van der Waals surface area contributed by atoms with Crippen molar-refractivity contribution in [1.29, 1.82) is 0 Å². The van der Waals surface area contributed by atoms with Gasteiger partial charge in [0.05, 0.1) is 11.5 Å². The summed E-state index contributed by atoms with van der Waals surface area (Å²) in [6.07, 6.45) is 8.34. The van der Waals surface area contributed by atoms with E-state index in [1.165, 1.54) is 51.6 Å². The van der Waals surface area contributed by atoms with Crippen molar-refractivity contribution in [3.8, 4) is 0 Å². The molecule has 0 bridgehead atoms. The van der Waals surface area contributed by atoms with Crippen LogP contribution in [0.25, 0.3) is 0 Å². The first-order chi connectivity index (χ1) is 11.6. The summed E-state index contributed by atoms with van der Waals surface area (Å²) in [5, 5.41) is 7.12. The monoisotopic (exact) mass is 482 g/mol. The predicted octanol–water partition coefficient (Wildman–Crippen LogP) is 1.36. The van der Waals surface area contributed by atoms with Crippen LogP contribution in [0.2, 0.25) is 0 Å². The Morgan fingerprint density at radius 1 is 0.960 bits per heavy atom. The fourth-order valence-electron chi connectivity index (χ4n) is 3.83. The van der Waals surface area contributed by atoms with E-state index in [9.17, 15) is 8.42 Å². The van der Waals surface area contributed by atoms with Gasteiger partial charge in [-0.3, -0.25) is 4.99 Å². The molecule has 25 heavy (non-hydrogen) atoms. The van der Waals surface area contributed by atoms with Gasteiger partial charge in [-0.05, 0) is 50.9 Å². The van der Waals surface area contributed by atoms with E-state index in [0.717, 1.165) is 18.4 Å². The smallest absolute Gasteiger partial charge is 0.191 e. The highest BCUT2D eigenvalue weighted by molar-refractivity contribution is 14.0. The van der Waals surface area contributed by atoms with Gasteiger partial charge in [0.2, 0.25) is 0 Å². The van der Waals surface area contributed by atoms with E-state index >= 15 is 0 Å². The maximum Gasteiger partial charge on any atom is 0.191 e. The summed E-state index contributed by atoms with van der Waals surface area (Å²) >= 11 is 0. The van der Waals surface area contributed by atoms with Crippen molar-refractivity contribution in [2.45, 2.75) is 63.1 Å². The molecule has 2 heterocycles. The molecular weight excluding hydrogens is 451 g/mol. The van der Waals surface area contributed by atoms with E-state index in [4.69, 9.17) is 4.99 Å². The summed E-state index contributed by atoms with van der Waals surface area (Å²) in [5.74, 6) is 1.76. The van der Waals surface area contributed by atoms with E-state index in [1.807, 2.05) is 0 Å². The van der Waals surface area contributed by atoms with E-state index in [-0.39, 0.29) is 29.9 Å². The summed E-state index contributed by atoms with van der Waals surface area (Å²) in [6, 6.07) is 1.93. The lowest BCUT2D eigenvalue weighted by Gasteiger charge is -2.33. The van der Waals surface area contributed by atoms with Gasteiger partial charge in [0, 0.05) is 37.8 Å². The number of hydrogen-bond donors (Lipinski definition) is 2.